The molecule has 0 saturated heterocycles. The average molecular weight is 561 g/mol. The van der Waals surface area contributed by atoms with Crippen molar-refractivity contribution in [3.05, 3.63) is 69.8 Å². The van der Waals surface area contributed by atoms with E-state index >= 15 is 0 Å². The zero-order chi connectivity index (χ0) is 22.3. The number of benzene rings is 2. The Balaban J connectivity index is 2.20. The number of rotatable bonds is 10. The minimum atomic E-state index is -0.513. The number of carbonyl (C=O) groups excluding carboxylic acids is 1. The highest BCUT2D eigenvalue weighted by Crippen LogP contribution is 2.41. The Labute approximate surface area is 200 Å². The Bertz CT molecular complexity index is 830. The third kappa shape index (κ3) is 6.63. The van der Waals surface area contributed by atoms with Crippen LogP contribution in [0.3, 0.4) is 0 Å². The van der Waals surface area contributed by atoms with Gasteiger partial charge in [-0.25, -0.2) is 0 Å². The van der Waals surface area contributed by atoms with E-state index in [1.165, 1.54) is 6.92 Å². The van der Waals surface area contributed by atoms with E-state index in [1.54, 1.807) is 6.42 Å². The third-order valence-corrected chi connectivity index (χ3v) is 6.10. The van der Waals surface area contributed by atoms with Crippen LogP contribution in [0, 0.1) is 13.3 Å². The number of halogens is 3. The lowest BCUT2D eigenvalue weighted by atomic mass is 9.78. The first kappa shape index (κ1) is 25.0. The van der Waals surface area contributed by atoms with Gasteiger partial charge in [-0.15, -0.1) is 11.6 Å². The van der Waals surface area contributed by atoms with Crippen LogP contribution in [-0.2, 0) is 14.9 Å². The van der Waals surface area contributed by atoms with E-state index in [-0.39, 0.29) is 23.9 Å². The summed E-state index contributed by atoms with van der Waals surface area (Å²) in [5.41, 5.74) is 2.00. The molecular formula is C23H25Br2ClO4. The zero-order valence-electron chi connectivity index (χ0n) is 17.2. The van der Waals surface area contributed by atoms with Crippen molar-refractivity contribution in [3.63, 3.8) is 0 Å². The van der Waals surface area contributed by atoms with Crippen LogP contribution in [-0.4, -0.2) is 31.2 Å². The van der Waals surface area contributed by atoms with Gasteiger partial charge in [-0.05, 0) is 80.6 Å². The van der Waals surface area contributed by atoms with Gasteiger partial charge in [-0.1, -0.05) is 26.0 Å². The highest BCUT2D eigenvalue weighted by atomic mass is 79.9. The van der Waals surface area contributed by atoms with Crippen molar-refractivity contribution in [2.24, 2.45) is 0 Å². The summed E-state index contributed by atoms with van der Waals surface area (Å²) < 4.78 is 18.2. The molecule has 2 rings (SSSR count). The molecule has 2 radical (unpaired) electrons. The van der Waals surface area contributed by atoms with Gasteiger partial charge in [0.25, 0.3) is 0 Å². The van der Waals surface area contributed by atoms with E-state index in [0.717, 1.165) is 25.8 Å². The summed E-state index contributed by atoms with van der Waals surface area (Å²) in [6.07, 6.45) is 1.21. The molecule has 0 fully saturated rings. The normalized spacial score (nSPS) is 12.4. The molecule has 0 saturated carbocycles. The molecule has 0 aliphatic rings. The van der Waals surface area contributed by atoms with Crippen molar-refractivity contribution in [3.8, 4) is 11.5 Å². The van der Waals surface area contributed by atoms with Crippen molar-refractivity contribution in [1.82, 2.24) is 0 Å². The number of hydrogen-bond donors (Lipinski definition) is 0. The fourth-order valence-electron chi connectivity index (χ4n) is 2.87. The van der Waals surface area contributed by atoms with Crippen molar-refractivity contribution in [2.75, 3.05) is 19.1 Å². The SMILES string of the molecule is [CH2][CH]COc1ccc(C(C)(C)c2cc(Br)c(OCC(CCl)OC(C)=O)c(Br)c2)cc1. The molecule has 2 aromatic rings. The second-order valence-corrected chi connectivity index (χ2v) is 9.23. The summed E-state index contributed by atoms with van der Waals surface area (Å²) in [6.45, 7) is 9.97. The van der Waals surface area contributed by atoms with Gasteiger partial charge in [0.05, 0.1) is 21.4 Å². The molecule has 30 heavy (non-hydrogen) atoms. The van der Waals surface area contributed by atoms with Crippen molar-refractivity contribution in [2.45, 2.75) is 32.3 Å². The predicted octanol–water partition coefficient (Wildman–Crippen LogP) is 6.50. The molecular weight excluding hydrogens is 536 g/mol. The number of alkyl halides is 1. The van der Waals surface area contributed by atoms with E-state index in [9.17, 15) is 4.79 Å². The lowest BCUT2D eigenvalue weighted by Gasteiger charge is -2.27. The number of esters is 1. The molecule has 1 unspecified atom stereocenters. The first-order chi connectivity index (χ1) is 14.2. The molecule has 0 aliphatic carbocycles. The Morgan fingerprint density at radius 3 is 2.23 bits per heavy atom. The summed E-state index contributed by atoms with van der Waals surface area (Å²) in [4.78, 5) is 11.2. The maximum absolute atomic E-state index is 11.2. The molecule has 0 amide bonds. The Hall–Kier alpha value is -1.24. The van der Waals surface area contributed by atoms with Crippen LogP contribution in [0.1, 0.15) is 31.9 Å². The molecule has 0 aromatic heterocycles. The lowest BCUT2D eigenvalue weighted by molar-refractivity contribution is -0.146. The molecule has 0 heterocycles. The second kappa shape index (κ2) is 11.4. The zero-order valence-corrected chi connectivity index (χ0v) is 21.1. The van der Waals surface area contributed by atoms with Crippen LogP contribution in [0.4, 0.5) is 0 Å². The maximum Gasteiger partial charge on any atom is 0.303 e. The van der Waals surface area contributed by atoms with Gasteiger partial charge in [0.15, 0.2) is 0 Å². The molecule has 2 aromatic carbocycles. The topological polar surface area (TPSA) is 44.8 Å². The molecule has 0 aliphatic heterocycles. The average Bonchev–Trinajstić information content (AvgIpc) is 2.70. The largest absolute Gasteiger partial charge is 0.493 e. The summed E-state index contributed by atoms with van der Waals surface area (Å²) in [7, 11) is 0. The Morgan fingerprint density at radius 2 is 1.73 bits per heavy atom. The highest BCUT2D eigenvalue weighted by molar-refractivity contribution is 9.11. The van der Waals surface area contributed by atoms with Gasteiger partial charge in [0, 0.05) is 12.3 Å². The molecule has 1 atom stereocenters. The van der Waals surface area contributed by atoms with Crippen LogP contribution in [0.2, 0.25) is 0 Å². The van der Waals surface area contributed by atoms with Gasteiger partial charge < -0.3 is 14.2 Å². The second-order valence-electron chi connectivity index (χ2n) is 7.21. The van der Waals surface area contributed by atoms with Crippen LogP contribution in [0.5, 0.6) is 11.5 Å². The van der Waals surface area contributed by atoms with Gasteiger partial charge >= 0.3 is 5.97 Å². The standard InChI is InChI=1S/C23H25Br2ClO4/c1-5-10-28-18-8-6-16(7-9-18)23(3,4)17-11-20(24)22(21(25)12-17)29-14-19(13-26)30-15(2)27/h5-9,11-12,19H,1,10,13-14H2,2-4H3. The van der Waals surface area contributed by atoms with Gasteiger partial charge in [-0.3, -0.25) is 4.79 Å². The fraction of sp³-hybridized carbons (Fsp3) is 0.348. The monoisotopic (exact) mass is 558 g/mol. The number of hydrogen-bond acceptors (Lipinski definition) is 4. The lowest BCUT2D eigenvalue weighted by Crippen LogP contribution is -2.26. The van der Waals surface area contributed by atoms with E-state index in [2.05, 4.69) is 64.8 Å². The van der Waals surface area contributed by atoms with Crippen LogP contribution in [0.25, 0.3) is 0 Å². The quantitative estimate of drug-likeness (QED) is 0.246. The van der Waals surface area contributed by atoms with Crippen molar-refractivity contribution < 1.29 is 19.0 Å². The third-order valence-electron chi connectivity index (χ3n) is 4.58. The minimum Gasteiger partial charge on any atom is -0.493 e. The smallest absolute Gasteiger partial charge is 0.303 e. The van der Waals surface area contributed by atoms with Gasteiger partial charge in [0.1, 0.15) is 24.2 Å². The summed E-state index contributed by atoms with van der Waals surface area (Å²) in [6, 6.07) is 12.1. The van der Waals surface area contributed by atoms with Crippen LogP contribution < -0.4 is 9.47 Å². The van der Waals surface area contributed by atoms with E-state index in [0.29, 0.717) is 12.4 Å². The Kier molecular flexibility index (Phi) is 9.51. The highest BCUT2D eigenvalue weighted by Gasteiger charge is 2.26. The molecule has 162 valence electrons. The van der Waals surface area contributed by atoms with Gasteiger partial charge in [-0.2, -0.15) is 0 Å². The van der Waals surface area contributed by atoms with Crippen molar-refractivity contribution in [1.29, 1.82) is 0 Å². The number of ether oxygens (including phenoxy) is 3. The fourth-order valence-corrected chi connectivity index (χ4v) is 4.44. The maximum atomic E-state index is 11.2. The summed E-state index contributed by atoms with van der Waals surface area (Å²) >= 11 is 13.1. The minimum absolute atomic E-state index is 0.159. The number of carbonyl (C=O) groups is 1. The summed E-state index contributed by atoms with van der Waals surface area (Å²) in [5, 5.41) is 0. The Morgan fingerprint density at radius 1 is 1.13 bits per heavy atom. The molecule has 0 N–H and O–H groups in total. The van der Waals surface area contributed by atoms with E-state index in [4.69, 9.17) is 25.8 Å². The first-order valence-corrected chi connectivity index (χ1v) is 11.5. The van der Waals surface area contributed by atoms with Gasteiger partial charge in [0.2, 0.25) is 0 Å². The summed E-state index contributed by atoms with van der Waals surface area (Å²) in [5.74, 6) is 1.21. The molecule has 7 heteroatoms. The first-order valence-electron chi connectivity index (χ1n) is 9.38. The molecule has 0 spiro atoms. The van der Waals surface area contributed by atoms with Crippen LogP contribution >= 0.6 is 43.5 Å². The van der Waals surface area contributed by atoms with Crippen LogP contribution in [0.15, 0.2) is 45.3 Å². The van der Waals surface area contributed by atoms with E-state index in [1.807, 2.05) is 24.3 Å². The van der Waals surface area contributed by atoms with E-state index < -0.39 is 6.10 Å². The predicted molar refractivity (Wildman–Crippen MR) is 127 cm³/mol. The molecule has 4 nitrogen and oxygen atoms in total. The molecule has 0 bridgehead atoms. The van der Waals surface area contributed by atoms with Crippen molar-refractivity contribution >= 4 is 49.4 Å².